The minimum Gasteiger partial charge on any atom is -0.218 e. The van der Waals surface area contributed by atoms with Crippen LogP contribution in [0.4, 0.5) is 0 Å². The van der Waals surface area contributed by atoms with Crippen LogP contribution in [-0.4, -0.2) is 41.2 Å². The van der Waals surface area contributed by atoms with Crippen LogP contribution in [0.1, 0.15) is 0 Å². The van der Waals surface area contributed by atoms with Gasteiger partial charge in [-0.25, -0.2) is 15.1 Å². The maximum atomic E-state index is 5.67. The zero-order valence-corrected chi connectivity index (χ0v) is 7.76. The summed E-state index contributed by atoms with van der Waals surface area (Å²) < 4.78 is 0. The molecule has 0 amide bonds. The first-order valence-corrected chi connectivity index (χ1v) is 3.77. The van der Waals surface area contributed by atoms with Crippen LogP contribution in [0.3, 0.4) is 0 Å². The molecule has 4 nitrogen and oxygen atoms in total. The third-order valence-corrected chi connectivity index (χ3v) is 1.51. The molecule has 6 heteroatoms. The zero-order valence-electron chi connectivity index (χ0n) is 6.25. The minimum atomic E-state index is 0.162. The molecular formula is C5H8Cl2N4. The molecule has 0 bridgehead atoms. The maximum absolute atomic E-state index is 5.67. The molecule has 0 atom stereocenters. The van der Waals surface area contributed by atoms with Crippen molar-refractivity contribution in [2.75, 3.05) is 20.6 Å². The molecule has 0 N–H and O–H groups in total. The minimum absolute atomic E-state index is 0.162. The molecule has 0 aromatic carbocycles. The molecule has 0 saturated heterocycles. The molecule has 0 aliphatic carbocycles. The van der Waals surface area contributed by atoms with E-state index in [1.165, 1.54) is 0 Å². The first-order chi connectivity index (χ1) is 5.09. The van der Waals surface area contributed by atoms with Crippen LogP contribution in [0, 0.1) is 0 Å². The van der Waals surface area contributed by atoms with E-state index in [0.29, 0.717) is 11.7 Å². The Morgan fingerprint density at radius 2 is 2.09 bits per heavy atom. The van der Waals surface area contributed by atoms with Crippen molar-refractivity contribution in [2.24, 2.45) is 10.1 Å². The van der Waals surface area contributed by atoms with Crippen LogP contribution in [0.15, 0.2) is 10.1 Å². The number of rotatable bonds is 1. The Labute approximate surface area is 75.1 Å². The van der Waals surface area contributed by atoms with Gasteiger partial charge in [0.15, 0.2) is 0 Å². The van der Waals surface area contributed by atoms with Gasteiger partial charge in [0.1, 0.15) is 11.7 Å². The van der Waals surface area contributed by atoms with Gasteiger partial charge < -0.3 is 0 Å². The molecule has 0 aromatic heterocycles. The Hall–Kier alpha value is -0.320. The highest BCUT2D eigenvalue weighted by molar-refractivity contribution is 6.72. The summed E-state index contributed by atoms with van der Waals surface area (Å²) in [4.78, 5) is 3.74. The number of amidine groups is 1. The lowest BCUT2D eigenvalue weighted by Crippen LogP contribution is -2.37. The highest BCUT2D eigenvalue weighted by Crippen LogP contribution is 2.06. The molecule has 0 spiro atoms. The number of hydrogen-bond acceptors (Lipinski definition) is 4. The maximum Gasteiger partial charge on any atom is 0.243 e. The SMILES string of the molecule is CN(C)N1CC(Cl)=NC(Cl)=N1. The van der Waals surface area contributed by atoms with Crippen molar-refractivity contribution in [1.29, 1.82) is 0 Å². The molecule has 0 radical (unpaired) electrons. The van der Waals surface area contributed by atoms with Crippen molar-refractivity contribution in [3.05, 3.63) is 0 Å². The summed E-state index contributed by atoms with van der Waals surface area (Å²) in [6.45, 7) is 0.477. The quantitative estimate of drug-likeness (QED) is 0.582. The summed E-state index contributed by atoms with van der Waals surface area (Å²) >= 11 is 11.2. The molecule has 11 heavy (non-hydrogen) atoms. The molecule has 1 aliphatic rings. The molecule has 0 aromatic rings. The molecule has 0 fully saturated rings. The van der Waals surface area contributed by atoms with Gasteiger partial charge >= 0.3 is 0 Å². The number of hydrazone groups is 1. The Balaban J connectivity index is 2.71. The van der Waals surface area contributed by atoms with Crippen LogP contribution >= 0.6 is 23.2 Å². The number of nitrogens with zero attached hydrogens (tertiary/aromatic N) is 4. The second-order valence-corrected chi connectivity index (χ2v) is 3.01. The molecular weight excluding hydrogens is 187 g/mol. The van der Waals surface area contributed by atoms with Gasteiger partial charge in [0.25, 0.3) is 0 Å². The average Bonchev–Trinajstić information content (AvgIpc) is 1.85. The Bertz CT molecular complexity index is 211. The van der Waals surface area contributed by atoms with E-state index in [9.17, 15) is 0 Å². The molecule has 1 rings (SSSR count). The number of halogens is 2. The number of hydrogen-bond donors (Lipinski definition) is 0. The van der Waals surface area contributed by atoms with Crippen molar-refractivity contribution in [3.8, 4) is 0 Å². The summed E-state index contributed by atoms with van der Waals surface area (Å²) in [7, 11) is 3.70. The molecule has 1 aliphatic heterocycles. The topological polar surface area (TPSA) is 31.2 Å². The van der Waals surface area contributed by atoms with E-state index in [-0.39, 0.29) is 5.29 Å². The van der Waals surface area contributed by atoms with E-state index >= 15 is 0 Å². The Morgan fingerprint density at radius 1 is 1.45 bits per heavy atom. The van der Waals surface area contributed by atoms with Gasteiger partial charge in [-0.1, -0.05) is 11.6 Å². The summed E-state index contributed by atoms with van der Waals surface area (Å²) in [5.74, 6) is 0. The summed E-state index contributed by atoms with van der Waals surface area (Å²) in [6, 6.07) is 0. The molecule has 1 heterocycles. The Morgan fingerprint density at radius 3 is 2.55 bits per heavy atom. The average molecular weight is 195 g/mol. The van der Waals surface area contributed by atoms with Crippen molar-refractivity contribution in [1.82, 2.24) is 10.1 Å². The monoisotopic (exact) mass is 194 g/mol. The van der Waals surface area contributed by atoms with E-state index < -0.39 is 0 Å². The third-order valence-electron chi connectivity index (χ3n) is 1.15. The molecule has 62 valence electrons. The summed E-state index contributed by atoms with van der Waals surface area (Å²) in [6.07, 6.45) is 0. The van der Waals surface area contributed by atoms with Gasteiger partial charge in [0.2, 0.25) is 5.29 Å². The predicted octanol–water partition coefficient (Wildman–Crippen LogP) is 0.926. The predicted molar refractivity (Wildman–Crippen MR) is 47.0 cm³/mol. The van der Waals surface area contributed by atoms with Crippen molar-refractivity contribution < 1.29 is 0 Å². The lowest BCUT2D eigenvalue weighted by atomic mass is 10.7. The van der Waals surface area contributed by atoms with Crippen LogP contribution in [0.2, 0.25) is 0 Å². The standard InChI is InChI=1S/C5H8Cl2N4/c1-10(2)11-3-4(6)8-5(7)9-11/h3H2,1-2H3. The van der Waals surface area contributed by atoms with Crippen LogP contribution < -0.4 is 0 Å². The highest BCUT2D eigenvalue weighted by Gasteiger charge is 2.13. The molecule has 0 saturated carbocycles. The van der Waals surface area contributed by atoms with Gasteiger partial charge in [-0.2, -0.15) is 0 Å². The van der Waals surface area contributed by atoms with Crippen LogP contribution in [0.25, 0.3) is 0 Å². The van der Waals surface area contributed by atoms with Crippen molar-refractivity contribution in [2.45, 2.75) is 0 Å². The normalized spacial score (nSPS) is 18.5. The van der Waals surface area contributed by atoms with Gasteiger partial charge in [-0.15, -0.1) is 5.10 Å². The van der Waals surface area contributed by atoms with Crippen LogP contribution in [-0.2, 0) is 0 Å². The van der Waals surface area contributed by atoms with Crippen LogP contribution in [0.5, 0.6) is 0 Å². The van der Waals surface area contributed by atoms with E-state index in [0.717, 1.165) is 0 Å². The van der Waals surface area contributed by atoms with Gasteiger partial charge in [0, 0.05) is 14.1 Å². The van der Waals surface area contributed by atoms with Gasteiger partial charge in [-0.3, -0.25) is 0 Å². The van der Waals surface area contributed by atoms with E-state index in [4.69, 9.17) is 23.2 Å². The first-order valence-electron chi connectivity index (χ1n) is 3.01. The van der Waals surface area contributed by atoms with E-state index in [1.807, 2.05) is 14.1 Å². The summed E-state index contributed by atoms with van der Waals surface area (Å²) in [5, 5.41) is 7.91. The zero-order chi connectivity index (χ0) is 8.43. The number of aliphatic imine (C=N–C) groups is 1. The third kappa shape index (κ3) is 2.32. The van der Waals surface area contributed by atoms with Crippen molar-refractivity contribution in [3.63, 3.8) is 0 Å². The lowest BCUT2D eigenvalue weighted by molar-refractivity contribution is 0.0460. The largest absolute Gasteiger partial charge is 0.243 e. The van der Waals surface area contributed by atoms with Gasteiger partial charge in [0.05, 0.1) is 0 Å². The molecule has 0 unspecified atom stereocenters. The Kier molecular flexibility index (Phi) is 2.70. The van der Waals surface area contributed by atoms with E-state index in [2.05, 4.69) is 10.1 Å². The lowest BCUT2D eigenvalue weighted by Gasteiger charge is -2.26. The second kappa shape index (κ2) is 3.38. The van der Waals surface area contributed by atoms with Crippen molar-refractivity contribution >= 4 is 33.7 Å². The highest BCUT2D eigenvalue weighted by atomic mass is 35.5. The van der Waals surface area contributed by atoms with Gasteiger partial charge in [-0.05, 0) is 11.6 Å². The van der Waals surface area contributed by atoms with E-state index in [1.54, 1.807) is 10.1 Å². The second-order valence-electron chi connectivity index (χ2n) is 2.23. The summed E-state index contributed by atoms with van der Waals surface area (Å²) in [5.41, 5.74) is 0. The fourth-order valence-corrected chi connectivity index (χ4v) is 1.06. The first kappa shape index (κ1) is 8.77. The fraction of sp³-hybridized carbons (Fsp3) is 0.600. The smallest absolute Gasteiger partial charge is 0.218 e. The number of hydrazine groups is 1. The fourth-order valence-electron chi connectivity index (χ4n) is 0.636.